The maximum absolute atomic E-state index is 10.2. The Morgan fingerprint density at radius 3 is 2.71 bits per heavy atom. The number of H-pyrrole nitrogens is 1. The van der Waals surface area contributed by atoms with Crippen molar-refractivity contribution in [1.82, 2.24) is 5.16 Å². The van der Waals surface area contributed by atoms with E-state index < -0.39 is 0 Å². The van der Waals surface area contributed by atoms with Gasteiger partial charge in [-0.05, 0) is 15.9 Å². The van der Waals surface area contributed by atoms with E-state index in [1.165, 1.54) is 6.26 Å². The second-order valence-corrected chi connectivity index (χ2v) is 1.87. The Morgan fingerprint density at radius 2 is 2.57 bits per heavy atom. The van der Waals surface area contributed by atoms with Gasteiger partial charge in [0.05, 0.1) is 0 Å². The fourth-order valence-electron chi connectivity index (χ4n) is 0.237. The number of nitrogens with one attached hydrogen (secondary N) is 1. The van der Waals surface area contributed by atoms with Gasteiger partial charge < -0.3 is 4.52 Å². The summed E-state index contributed by atoms with van der Waals surface area (Å²) in [5, 5.41) is 2.09. The first-order valence-corrected chi connectivity index (χ1v) is 2.41. The Morgan fingerprint density at radius 1 is 1.86 bits per heavy atom. The van der Waals surface area contributed by atoms with Crippen molar-refractivity contribution in [2.45, 2.75) is 0 Å². The molecule has 0 fully saturated rings. The second kappa shape index (κ2) is 1.54. The number of aromatic nitrogens is 1. The third-order valence-corrected chi connectivity index (χ3v) is 1.08. The lowest BCUT2D eigenvalue weighted by Crippen LogP contribution is -1.95. The molecule has 1 aromatic rings. The summed E-state index contributed by atoms with van der Waals surface area (Å²) >= 11 is 2.93. The summed E-state index contributed by atoms with van der Waals surface area (Å²) in [5.74, 6) is 0. The molecule has 0 aliphatic rings. The summed E-state index contributed by atoms with van der Waals surface area (Å²) < 4.78 is 4.78. The van der Waals surface area contributed by atoms with Crippen molar-refractivity contribution >= 4 is 15.9 Å². The summed E-state index contributed by atoms with van der Waals surface area (Å²) in [7, 11) is 0. The molecule has 0 saturated heterocycles. The van der Waals surface area contributed by atoms with E-state index in [0.717, 1.165) is 0 Å². The van der Waals surface area contributed by atoms with Crippen LogP contribution in [0.15, 0.2) is 20.1 Å². The van der Waals surface area contributed by atoms with Crippen molar-refractivity contribution in [2.24, 2.45) is 0 Å². The molecule has 1 N–H and O–H groups in total. The molecule has 7 heavy (non-hydrogen) atoms. The number of hydrogen-bond acceptors (Lipinski definition) is 2. The minimum Gasteiger partial charge on any atom is -0.386 e. The lowest BCUT2D eigenvalue weighted by atomic mass is 10.7. The summed E-state index contributed by atoms with van der Waals surface area (Å²) in [6.45, 7) is 0. The predicted molar refractivity (Wildman–Crippen MR) is 27.0 cm³/mol. The molecule has 0 aromatic carbocycles. The predicted octanol–water partition coefficient (Wildman–Crippen LogP) is 0.730. The Balaban J connectivity index is 3.39. The van der Waals surface area contributed by atoms with E-state index in [-0.39, 0.29) is 5.56 Å². The van der Waals surface area contributed by atoms with Crippen LogP contribution in [0.5, 0.6) is 0 Å². The molecule has 0 spiro atoms. The first kappa shape index (κ1) is 4.64. The highest BCUT2D eigenvalue weighted by Crippen LogP contribution is 1.97. The average Bonchev–Trinajstić information content (AvgIpc) is 1.91. The number of halogens is 1. The molecule has 38 valence electrons. The van der Waals surface area contributed by atoms with Crippen LogP contribution in [0, 0.1) is 0 Å². The molecule has 0 saturated carbocycles. The SMILES string of the molecule is O=c1[nH]occ1Br. The summed E-state index contributed by atoms with van der Waals surface area (Å²) in [6, 6.07) is 0. The van der Waals surface area contributed by atoms with Gasteiger partial charge in [0, 0.05) is 0 Å². The molecule has 0 aliphatic carbocycles. The minimum absolute atomic E-state index is 0.236. The molecule has 0 amide bonds. The van der Waals surface area contributed by atoms with Crippen molar-refractivity contribution < 1.29 is 4.52 Å². The number of aromatic amines is 1. The molecule has 3 nitrogen and oxygen atoms in total. The Hall–Kier alpha value is -0.510. The quantitative estimate of drug-likeness (QED) is 0.614. The Bertz CT molecular complexity index is 201. The van der Waals surface area contributed by atoms with Gasteiger partial charge in [-0.3, -0.25) is 4.79 Å². The van der Waals surface area contributed by atoms with Crippen molar-refractivity contribution in [2.75, 3.05) is 0 Å². The molecule has 0 radical (unpaired) electrons. The fourth-order valence-corrected chi connectivity index (χ4v) is 0.411. The zero-order valence-corrected chi connectivity index (χ0v) is 4.86. The molecule has 0 atom stereocenters. The molecular formula is C3H2BrNO2. The van der Waals surface area contributed by atoms with Crippen LogP contribution in [0.2, 0.25) is 0 Å². The molecule has 0 aliphatic heterocycles. The third kappa shape index (κ3) is 0.742. The van der Waals surface area contributed by atoms with Gasteiger partial charge in [-0.15, -0.1) is 0 Å². The second-order valence-electron chi connectivity index (χ2n) is 1.01. The van der Waals surface area contributed by atoms with Crippen molar-refractivity contribution in [3.05, 3.63) is 21.1 Å². The monoisotopic (exact) mass is 163 g/mol. The Kier molecular flexibility index (Phi) is 1.02. The zero-order valence-electron chi connectivity index (χ0n) is 3.27. The first-order valence-electron chi connectivity index (χ1n) is 1.62. The van der Waals surface area contributed by atoms with Crippen LogP contribution < -0.4 is 5.56 Å². The number of hydrogen-bond donors (Lipinski definition) is 1. The van der Waals surface area contributed by atoms with Crippen molar-refractivity contribution in [3.63, 3.8) is 0 Å². The van der Waals surface area contributed by atoms with Crippen LogP contribution in [0.4, 0.5) is 0 Å². The highest BCUT2D eigenvalue weighted by atomic mass is 79.9. The van der Waals surface area contributed by atoms with Gasteiger partial charge in [-0.25, -0.2) is 0 Å². The van der Waals surface area contributed by atoms with Crippen LogP contribution in [0.3, 0.4) is 0 Å². The van der Waals surface area contributed by atoms with Crippen LogP contribution >= 0.6 is 15.9 Å². The van der Waals surface area contributed by atoms with E-state index in [4.69, 9.17) is 0 Å². The van der Waals surface area contributed by atoms with Gasteiger partial charge in [0.15, 0.2) is 0 Å². The molecule has 1 aromatic heterocycles. The zero-order chi connectivity index (χ0) is 5.28. The van der Waals surface area contributed by atoms with E-state index in [9.17, 15) is 4.79 Å². The molecule has 0 unspecified atom stereocenters. The fraction of sp³-hybridized carbons (Fsp3) is 0. The molecule has 0 bridgehead atoms. The van der Waals surface area contributed by atoms with E-state index in [1.807, 2.05) is 0 Å². The topological polar surface area (TPSA) is 46.0 Å². The maximum Gasteiger partial charge on any atom is 0.294 e. The van der Waals surface area contributed by atoms with Crippen LogP contribution in [-0.4, -0.2) is 5.16 Å². The highest BCUT2D eigenvalue weighted by Gasteiger charge is 1.91. The molecule has 4 heteroatoms. The lowest BCUT2D eigenvalue weighted by Gasteiger charge is -1.58. The van der Waals surface area contributed by atoms with E-state index >= 15 is 0 Å². The van der Waals surface area contributed by atoms with E-state index in [2.05, 4.69) is 25.6 Å². The largest absolute Gasteiger partial charge is 0.386 e. The van der Waals surface area contributed by atoms with Crippen molar-refractivity contribution in [1.29, 1.82) is 0 Å². The smallest absolute Gasteiger partial charge is 0.294 e. The van der Waals surface area contributed by atoms with E-state index in [1.54, 1.807) is 0 Å². The average molecular weight is 164 g/mol. The third-order valence-electron chi connectivity index (χ3n) is 0.531. The van der Waals surface area contributed by atoms with Crippen LogP contribution in [-0.2, 0) is 0 Å². The Labute approximate surface area is 47.4 Å². The lowest BCUT2D eigenvalue weighted by molar-refractivity contribution is 0.413. The van der Waals surface area contributed by atoms with Gasteiger partial charge in [0.2, 0.25) is 0 Å². The maximum atomic E-state index is 10.2. The minimum atomic E-state index is -0.236. The van der Waals surface area contributed by atoms with Crippen LogP contribution in [0.1, 0.15) is 0 Å². The summed E-state index contributed by atoms with van der Waals surface area (Å²) in [4.78, 5) is 10.2. The van der Waals surface area contributed by atoms with Crippen molar-refractivity contribution in [3.8, 4) is 0 Å². The normalized spacial score (nSPS) is 9.29. The van der Waals surface area contributed by atoms with Gasteiger partial charge in [-0.1, -0.05) is 0 Å². The van der Waals surface area contributed by atoms with Gasteiger partial charge in [0.1, 0.15) is 10.7 Å². The summed E-state index contributed by atoms with van der Waals surface area (Å²) in [6.07, 6.45) is 1.29. The van der Waals surface area contributed by atoms with E-state index in [0.29, 0.717) is 4.47 Å². The van der Waals surface area contributed by atoms with Gasteiger partial charge in [0.25, 0.3) is 5.56 Å². The highest BCUT2D eigenvalue weighted by molar-refractivity contribution is 9.10. The first-order chi connectivity index (χ1) is 3.30. The molecule has 1 heterocycles. The molecular weight excluding hydrogens is 162 g/mol. The number of rotatable bonds is 0. The summed E-state index contributed by atoms with van der Waals surface area (Å²) in [5.41, 5.74) is -0.236. The molecule has 1 rings (SSSR count). The van der Waals surface area contributed by atoms with Gasteiger partial charge >= 0.3 is 0 Å². The standard InChI is InChI=1S/C3H2BrNO2/c4-2-1-7-5-3(2)6/h1H,(H,5,6). The van der Waals surface area contributed by atoms with Gasteiger partial charge in [-0.2, -0.15) is 5.16 Å². The van der Waals surface area contributed by atoms with Crippen LogP contribution in [0.25, 0.3) is 0 Å².